The lowest BCUT2D eigenvalue weighted by Crippen LogP contribution is -2.05. The third-order valence-electron chi connectivity index (χ3n) is 1.95. The van der Waals surface area contributed by atoms with E-state index in [2.05, 4.69) is 19.1 Å². The Labute approximate surface area is 91.0 Å². The molecule has 0 saturated carbocycles. The molecule has 0 radical (unpaired) electrons. The number of aliphatic carboxylic acids is 1. The van der Waals surface area contributed by atoms with Crippen molar-refractivity contribution in [1.82, 2.24) is 0 Å². The monoisotopic (exact) mass is 214 g/mol. The van der Waals surface area contributed by atoms with Gasteiger partial charge in [0, 0.05) is 0 Å². The highest BCUT2D eigenvalue weighted by Crippen LogP contribution is 2.05. The fraction of sp³-hybridized carbons (Fsp3) is 0.636. The minimum Gasteiger partial charge on any atom is -0.477 e. The van der Waals surface area contributed by atoms with Gasteiger partial charge in [-0.25, -0.2) is 4.79 Å². The van der Waals surface area contributed by atoms with E-state index in [0.29, 0.717) is 0 Å². The Kier molecular flexibility index (Phi) is 8.43. The smallest absolute Gasteiger partial charge is 0.346 e. The van der Waals surface area contributed by atoms with Crippen LogP contribution in [0.5, 0.6) is 0 Å². The molecule has 0 aromatic rings. The number of carboxylic acid groups (broad SMARTS) is 1. The van der Waals surface area contributed by atoms with Gasteiger partial charge in [0.2, 0.25) is 0 Å². The van der Waals surface area contributed by atoms with Crippen molar-refractivity contribution in [2.24, 2.45) is 0 Å². The summed E-state index contributed by atoms with van der Waals surface area (Å²) in [6, 6.07) is 0. The predicted octanol–water partition coefficient (Wildman–Crippen LogP) is 3.36. The highest BCUT2D eigenvalue weighted by molar-refractivity contribution is 7.82. The molecular weight excluding hydrogens is 196 g/mol. The zero-order chi connectivity index (χ0) is 10.8. The van der Waals surface area contributed by atoms with Crippen LogP contribution in [0.15, 0.2) is 12.2 Å². The Hall–Kier alpha value is -0.700. The maximum Gasteiger partial charge on any atom is 0.346 e. The highest BCUT2D eigenvalue weighted by atomic mass is 32.1. The van der Waals surface area contributed by atoms with Gasteiger partial charge in [0.1, 0.15) is 4.86 Å². The van der Waals surface area contributed by atoms with E-state index in [-0.39, 0.29) is 4.86 Å². The van der Waals surface area contributed by atoms with E-state index in [4.69, 9.17) is 5.11 Å². The number of hydrogen-bond acceptors (Lipinski definition) is 2. The highest BCUT2D eigenvalue weighted by Gasteiger charge is 1.99. The van der Waals surface area contributed by atoms with Gasteiger partial charge < -0.3 is 5.11 Å². The molecule has 0 rings (SSSR count). The minimum absolute atomic E-state index is 0.00134. The fourth-order valence-corrected chi connectivity index (χ4v) is 1.22. The average Bonchev–Trinajstić information content (AvgIpc) is 2.16. The van der Waals surface area contributed by atoms with E-state index in [0.717, 1.165) is 12.8 Å². The van der Waals surface area contributed by atoms with E-state index in [1.54, 1.807) is 0 Å². The first-order valence-electron chi connectivity index (χ1n) is 5.12. The molecule has 0 fully saturated rings. The first-order chi connectivity index (χ1) is 6.68. The van der Waals surface area contributed by atoms with Gasteiger partial charge in [0.05, 0.1) is 0 Å². The third kappa shape index (κ3) is 7.92. The van der Waals surface area contributed by atoms with Crippen molar-refractivity contribution < 1.29 is 9.90 Å². The summed E-state index contributed by atoms with van der Waals surface area (Å²) in [7, 11) is 0. The molecule has 0 heterocycles. The molecule has 14 heavy (non-hydrogen) atoms. The van der Waals surface area contributed by atoms with Crippen LogP contribution in [0, 0.1) is 0 Å². The first-order valence-corrected chi connectivity index (χ1v) is 5.53. The molecule has 0 aromatic heterocycles. The summed E-state index contributed by atoms with van der Waals surface area (Å²) in [5.74, 6) is -1.01. The Morgan fingerprint density at radius 2 is 1.93 bits per heavy atom. The van der Waals surface area contributed by atoms with E-state index < -0.39 is 5.97 Å². The summed E-state index contributed by atoms with van der Waals surface area (Å²) in [5, 5.41) is 8.46. The van der Waals surface area contributed by atoms with Crippen molar-refractivity contribution in [2.75, 3.05) is 0 Å². The Morgan fingerprint density at radius 1 is 1.29 bits per heavy atom. The van der Waals surface area contributed by atoms with Gasteiger partial charge in [0.25, 0.3) is 0 Å². The second-order valence-corrected chi connectivity index (χ2v) is 3.71. The lowest BCUT2D eigenvalue weighted by Gasteiger charge is -1.95. The van der Waals surface area contributed by atoms with Crippen LogP contribution in [-0.4, -0.2) is 15.9 Å². The molecule has 0 aliphatic heterocycles. The van der Waals surface area contributed by atoms with Crippen LogP contribution in [0.25, 0.3) is 0 Å². The molecule has 3 heteroatoms. The number of carbonyl (C=O) groups is 1. The molecule has 0 spiro atoms. The van der Waals surface area contributed by atoms with Crippen molar-refractivity contribution in [2.45, 2.75) is 45.4 Å². The van der Waals surface area contributed by atoms with Crippen molar-refractivity contribution in [3.05, 3.63) is 12.2 Å². The summed E-state index contributed by atoms with van der Waals surface area (Å²) < 4.78 is 0. The number of carboxylic acids is 1. The number of unbranched alkanes of at least 4 members (excludes halogenated alkanes) is 5. The molecule has 80 valence electrons. The second-order valence-electron chi connectivity index (χ2n) is 3.27. The number of thiocarbonyl (C=S) groups is 1. The van der Waals surface area contributed by atoms with Gasteiger partial charge >= 0.3 is 5.97 Å². The largest absolute Gasteiger partial charge is 0.477 e. The number of allylic oxidation sites excluding steroid dienone is 1. The van der Waals surface area contributed by atoms with Crippen LogP contribution in [0.1, 0.15) is 45.4 Å². The van der Waals surface area contributed by atoms with Crippen LogP contribution in [-0.2, 0) is 4.79 Å². The molecule has 0 bridgehead atoms. The zero-order valence-electron chi connectivity index (χ0n) is 8.66. The summed E-state index contributed by atoms with van der Waals surface area (Å²) >= 11 is 4.61. The van der Waals surface area contributed by atoms with Crippen molar-refractivity contribution >= 4 is 23.1 Å². The fourth-order valence-electron chi connectivity index (χ4n) is 1.13. The van der Waals surface area contributed by atoms with Gasteiger partial charge in [0.15, 0.2) is 0 Å². The van der Waals surface area contributed by atoms with Crippen molar-refractivity contribution in [3.63, 3.8) is 0 Å². The maximum atomic E-state index is 10.3. The lowest BCUT2D eigenvalue weighted by atomic mass is 10.1. The van der Waals surface area contributed by atoms with Crippen LogP contribution >= 0.6 is 12.2 Å². The summed E-state index contributed by atoms with van der Waals surface area (Å²) in [4.78, 5) is 10.3. The normalized spacial score (nSPS) is 10.6. The Bertz CT molecular complexity index is 209. The van der Waals surface area contributed by atoms with Crippen LogP contribution in [0.3, 0.4) is 0 Å². The maximum absolute atomic E-state index is 10.3. The lowest BCUT2D eigenvalue weighted by molar-refractivity contribution is -0.129. The minimum atomic E-state index is -1.01. The molecule has 2 nitrogen and oxygen atoms in total. The predicted molar refractivity (Wildman–Crippen MR) is 62.7 cm³/mol. The number of hydrogen-bond donors (Lipinski definition) is 1. The molecule has 0 aliphatic rings. The SMILES string of the molecule is CCCCCCCC=CC(=S)C(=O)O. The standard InChI is InChI=1S/C11H18O2S/c1-2-3-4-5-6-7-8-9-10(14)11(12)13/h8-9H,2-7H2,1H3,(H,12,13). The molecule has 0 aliphatic carbocycles. The van der Waals surface area contributed by atoms with Crippen LogP contribution in [0.2, 0.25) is 0 Å². The molecule has 0 aromatic carbocycles. The van der Waals surface area contributed by atoms with Gasteiger partial charge in [-0.15, -0.1) is 0 Å². The van der Waals surface area contributed by atoms with Crippen molar-refractivity contribution in [1.29, 1.82) is 0 Å². The molecule has 1 N–H and O–H groups in total. The molecule has 0 amide bonds. The first kappa shape index (κ1) is 13.3. The van der Waals surface area contributed by atoms with E-state index in [1.165, 1.54) is 31.8 Å². The molecule has 0 unspecified atom stereocenters. The van der Waals surface area contributed by atoms with Crippen LogP contribution in [0.4, 0.5) is 0 Å². The van der Waals surface area contributed by atoms with Gasteiger partial charge in [-0.3, -0.25) is 0 Å². The van der Waals surface area contributed by atoms with E-state index >= 15 is 0 Å². The quantitative estimate of drug-likeness (QED) is 0.382. The molecule has 0 saturated heterocycles. The third-order valence-corrected chi connectivity index (χ3v) is 2.27. The summed E-state index contributed by atoms with van der Waals surface area (Å²) in [6.07, 6.45) is 10.4. The van der Waals surface area contributed by atoms with Crippen molar-refractivity contribution in [3.8, 4) is 0 Å². The molecular formula is C11H18O2S. The zero-order valence-corrected chi connectivity index (χ0v) is 9.48. The van der Waals surface area contributed by atoms with Gasteiger partial charge in [-0.1, -0.05) is 50.9 Å². The van der Waals surface area contributed by atoms with Crippen LogP contribution < -0.4 is 0 Å². The summed E-state index contributed by atoms with van der Waals surface area (Å²) in [6.45, 7) is 2.19. The second kappa shape index (κ2) is 8.88. The van der Waals surface area contributed by atoms with E-state index in [1.807, 2.05) is 6.08 Å². The Morgan fingerprint density at radius 3 is 2.50 bits per heavy atom. The Balaban J connectivity index is 3.35. The van der Waals surface area contributed by atoms with E-state index in [9.17, 15) is 4.79 Å². The summed E-state index contributed by atoms with van der Waals surface area (Å²) in [5.41, 5.74) is 0. The average molecular weight is 214 g/mol. The molecule has 0 atom stereocenters. The van der Waals surface area contributed by atoms with Gasteiger partial charge in [-0.05, 0) is 18.9 Å². The van der Waals surface area contributed by atoms with Gasteiger partial charge in [-0.2, -0.15) is 0 Å². The number of rotatable bonds is 8. The topological polar surface area (TPSA) is 37.3 Å².